The molecule has 136 valence electrons. The first kappa shape index (κ1) is 17.9. The summed E-state index contributed by atoms with van der Waals surface area (Å²) in [5.74, 6) is -0.109. The van der Waals surface area contributed by atoms with Gasteiger partial charge in [-0.05, 0) is 44.0 Å². The molecule has 0 saturated carbocycles. The maximum Gasteiger partial charge on any atom is 0.340 e. The van der Waals surface area contributed by atoms with Crippen LogP contribution >= 0.6 is 0 Å². The van der Waals surface area contributed by atoms with Crippen LogP contribution in [-0.2, 0) is 14.3 Å². The van der Waals surface area contributed by atoms with Crippen molar-refractivity contribution in [2.75, 3.05) is 23.8 Å². The molecule has 2 aromatic rings. The zero-order valence-electron chi connectivity index (χ0n) is 14.5. The molecule has 1 fully saturated rings. The molecular weight excluding hydrogens is 334 g/mol. The highest BCUT2D eigenvalue weighted by Crippen LogP contribution is 2.22. The fourth-order valence-electron chi connectivity index (χ4n) is 2.67. The Labute approximate surface area is 151 Å². The lowest BCUT2D eigenvalue weighted by molar-refractivity contribution is -0.124. The van der Waals surface area contributed by atoms with Gasteiger partial charge in [0, 0.05) is 6.61 Å². The molecule has 1 aliphatic heterocycles. The third kappa shape index (κ3) is 4.37. The molecule has 0 radical (unpaired) electrons. The summed E-state index contributed by atoms with van der Waals surface area (Å²) in [6, 6.07) is 10.6. The van der Waals surface area contributed by atoms with Gasteiger partial charge >= 0.3 is 5.97 Å². The van der Waals surface area contributed by atoms with E-state index in [9.17, 15) is 9.59 Å². The van der Waals surface area contributed by atoms with Gasteiger partial charge < -0.3 is 20.1 Å². The molecule has 7 nitrogen and oxygen atoms in total. The van der Waals surface area contributed by atoms with Crippen molar-refractivity contribution in [3.05, 3.63) is 48.2 Å². The van der Waals surface area contributed by atoms with Gasteiger partial charge in [-0.1, -0.05) is 12.1 Å². The second-order valence-corrected chi connectivity index (χ2v) is 5.81. The number of para-hydroxylation sites is 1. The zero-order valence-corrected chi connectivity index (χ0v) is 14.5. The number of hydrogen-bond acceptors (Lipinski definition) is 6. The highest BCUT2D eigenvalue weighted by molar-refractivity contribution is 5.96. The average Bonchev–Trinajstić information content (AvgIpc) is 3.19. The Morgan fingerprint density at radius 3 is 2.81 bits per heavy atom. The molecule has 1 aliphatic rings. The SMILES string of the molecule is CCOC(=O)c1ccccc1Nc1ccc(NC(=O)C2CCCO2)nc1. The fraction of sp³-hybridized carbons (Fsp3) is 0.316. The monoisotopic (exact) mass is 355 g/mol. The van der Waals surface area contributed by atoms with Gasteiger partial charge in [0.1, 0.15) is 11.9 Å². The predicted molar refractivity (Wildman–Crippen MR) is 97.5 cm³/mol. The number of nitrogens with one attached hydrogen (secondary N) is 2. The summed E-state index contributed by atoms with van der Waals surface area (Å²) in [5, 5.41) is 5.89. The van der Waals surface area contributed by atoms with Gasteiger partial charge in [0.05, 0.1) is 29.7 Å². The fourth-order valence-corrected chi connectivity index (χ4v) is 2.67. The van der Waals surface area contributed by atoms with Gasteiger partial charge in [0.15, 0.2) is 0 Å². The summed E-state index contributed by atoms with van der Waals surface area (Å²) >= 11 is 0. The van der Waals surface area contributed by atoms with Crippen LogP contribution in [0.25, 0.3) is 0 Å². The van der Waals surface area contributed by atoms with Crippen LogP contribution < -0.4 is 10.6 Å². The van der Waals surface area contributed by atoms with Crippen LogP contribution in [0.3, 0.4) is 0 Å². The first-order chi connectivity index (χ1) is 12.7. The lowest BCUT2D eigenvalue weighted by Crippen LogP contribution is -2.27. The Morgan fingerprint density at radius 2 is 2.12 bits per heavy atom. The minimum atomic E-state index is -0.397. The maximum absolute atomic E-state index is 12.0. The maximum atomic E-state index is 12.0. The minimum absolute atomic E-state index is 0.177. The minimum Gasteiger partial charge on any atom is -0.462 e. The molecule has 2 N–H and O–H groups in total. The van der Waals surface area contributed by atoms with Crippen molar-refractivity contribution >= 4 is 29.1 Å². The molecule has 1 atom stereocenters. The van der Waals surface area contributed by atoms with Gasteiger partial charge in [0.25, 0.3) is 5.91 Å². The largest absolute Gasteiger partial charge is 0.462 e. The number of aromatic nitrogens is 1. The molecule has 1 aromatic carbocycles. The van der Waals surface area contributed by atoms with Gasteiger partial charge in [-0.2, -0.15) is 0 Å². The van der Waals surface area contributed by atoms with E-state index in [-0.39, 0.29) is 11.9 Å². The van der Waals surface area contributed by atoms with E-state index in [1.807, 2.05) is 6.07 Å². The Bertz CT molecular complexity index is 771. The number of esters is 1. The van der Waals surface area contributed by atoms with E-state index in [1.54, 1.807) is 43.5 Å². The summed E-state index contributed by atoms with van der Waals surface area (Å²) in [6.45, 7) is 2.70. The molecule has 3 rings (SSSR count). The normalized spacial score (nSPS) is 16.1. The van der Waals surface area contributed by atoms with Crippen molar-refractivity contribution in [2.24, 2.45) is 0 Å². The predicted octanol–water partition coefficient (Wildman–Crippen LogP) is 3.12. The topological polar surface area (TPSA) is 89.6 Å². The molecule has 1 saturated heterocycles. The van der Waals surface area contributed by atoms with E-state index in [0.717, 1.165) is 12.8 Å². The van der Waals surface area contributed by atoms with Crippen molar-refractivity contribution in [2.45, 2.75) is 25.9 Å². The lowest BCUT2D eigenvalue weighted by atomic mass is 10.1. The first-order valence-electron chi connectivity index (χ1n) is 8.59. The van der Waals surface area contributed by atoms with Crippen LogP contribution in [0, 0.1) is 0 Å². The Kier molecular flexibility index (Phi) is 5.80. The van der Waals surface area contributed by atoms with E-state index < -0.39 is 6.10 Å². The van der Waals surface area contributed by atoms with Gasteiger partial charge in [-0.15, -0.1) is 0 Å². The Balaban J connectivity index is 1.66. The third-order valence-electron chi connectivity index (χ3n) is 3.94. The number of rotatable bonds is 6. The molecule has 0 aliphatic carbocycles. The third-order valence-corrected chi connectivity index (χ3v) is 3.94. The van der Waals surface area contributed by atoms with Crippen LogP contribution in [0.15, 0.2) is 42.6 Å². The van der Waals surface area contributed by atoms with Gasteiger partial charge in [-0.3, -0.25) is 4.79 Å². The van der Waals surface area contributed by atoms with Crippen molar-refractivity contribution in [3.63, 3.8) is 0 Å². The number of carbonyl (C=O) groups is 2. The van der Waals surface area contributed by atoms with Crippen LogP contribution in [-0.4, -0.2) is 36.2 Å². The Morgan fingerprint density at radius 1 is 1.27 bits per heavy atom. The van der Waals surface area contributed by atoms with Crippen molar-refractivity contribution in [1.82, 2.24) is 4.98 Å². The van der Waals surface area contributed by atoms with Crippen LogP contribution in [0.1, 0.15) is 30.1 Å². The molecule has 7 heteroatoms. The summed E-state index contributed by atoms with van der Waals surface area (Å²) in [6.07, 6.45) is 2.82. The van der Waals surface area contributed by atoms with Crippen molar-refractivity contribution < 1.29 is 19.1 Å². The number of hydrogen-bond donors (Lipinski definition) is 2. The van der Waals surface area contributed by atoms with Gasteiger partial charge in [-0.25, -0.2) is 9.78 Å². The average molecular weight is 355 g/mol. The van der Waals surface area contributed by atoms with E-state index in [0.29, 0.717) is 36.0 Å². The summed E-state index contributed by atoms with van der Waals surface area (Å²) in [4.78, 5) is 28.3. The van der Waals surface area contributed by atoms with Crippen molar-refractivity contribution in [1.29, 1.82) is 0 Å². The lowest BCUT2D eigenvalue weighted by Gasteiger charge is -2.12. The molecule has 1 unspecified atom stereocenters. The van der Waals surface area contributed by atoms with Crippen LogP contribution in [0.2, 0.25) is 0 Å². The molecule has 2 heterocycles. The van der Waals surface area contributed by atoms with Crippen LogP contribution in [0.5, 0.6) is 0 Å². The van der Waals surface area contributed by atoms with Crippen LogP contribution in [0.4, 0.5) is 17.2 Å². The number of pyridine rings is 1. The van der Waals surface area contributed by atoms with Gasteiger partial charge in [0.2, 0.25) is 0 Å². The molecular formula is C19H21N3O4. The van der Waals surface area contributed by atoms with E-state index >= 15 is 0 Å². The second-order valence-electron chi connectivity index (χ2n) is 5.81. The molecule has 0 bridgehead atoms. The first-order valence-corrected chi connectivity index (χ1v) is 8.59. The van der Waals surface area contributed by atoms with E-state index in [4.69, 9.17) is 9.47 Å². The number of ether oxygens (including phenoxy) is 2. The summed E-state index contributed by atoms with van der Waals surface area (Å²) in [5.41, 5.74) is 1.77. The number of amides is 1. The number of nitrogens with zero attached hydrogens (tertiary/aromatic N) is 1. The molecule has 0 spiro atoms. The van der Waals surface area contributed by atoms with E-state index in [1.165, 1.54) is 0 Å². The highest BCUT2D eigenvalue weighted by atomic mass is 16.5. The molecule has 1 amide bonds. The molecule has 26 heavy (non-hydrogen) atoms. The number of anilines is 3. The zero-order chi connectivity index (χ0) is 18.4. The summed E-state index contributed by atoms with van der Waals surface area (Å²) < 4.78 is 10.4. The standard InChI is InChI=1S/C19H21N3O4/c1-2-25-19(24)14-6-3-4-7-15(14)21-13-9-10-17(20-12-13)22-18(23)16-8-5-11-26-16/h3-4,6-7,9-10,12,16,21H,2,5,8,11H2,1H3,(H,20,22,23). The smallest absolute Gasteiger partial charge is 0.340 e. The number of benzene rings is 1. The Hall–Kier alpha value is -2.93. The molecule has 1 aromatic heterocycles. The quantitative estimate of drug-likeness (QED) is 0.774. The van der Waals surface area contributed by atoms with Crippen molar-refractivity contribution in [3.8, 4) is 0 Å². The van der Waals surface area contributed by atoms with E-state index in [2.05, 4.69) is 15.6 Å². The summed E-state index contributed by atoms with van der Waals surface area (Å²) in [7, 11) is 0. The highest BCUT2D eigenvalue weighted by Gasteiger charge is 2.23. The second kappa shape index (κ2) is 8.44. The number of carbonyl (C=O) groups excluding carboxylic acids is 2.